The zero-order valence-corrected chi connectivity index (χ0v) is 15.8. The van der Waals surface area contributed by atoms with Gasteiger partial charge in [0.05, 0.1) is 9.82 Å². The molecular weight excluding hydrogens is 396 g/mol. The fraction of sp³-hybridized carbons (Fsp3) is 0.250. The monoisotopic (exact) mass is 412 g/mol. The van der Waals surface area contributed by atoms with Crippen LogP contribution in [0.15, 0.2) is 51.8 Å². The molecule has 1 unspecified atom stereocenters. The Morgan fingerprint density at radius 3 is 2.46 bits per heavy atom. The quantitative estimate of drug-likeness (QED) is 0.547. The number of hydrogen-bond acceptors (Lipinski definition) is 4. The van der Waals surface area contributed by atoms with Crippen LogP contribution in [0.3, 0.4) is 0 Å². The van der Waals surface area contributed by atoms with Crippen molar-refractivity contribution in [1.82, 2.24) is 4.31 Å². The van der Waals surface area contributed by atoms with E-state index in [-0.39, 0.29) is 10.6 Å². The van der Waals surface area contributed by atoms with E-state index in [2.05, 4.69) is 15.9 Å². The predicted molar refractivity (Wildman–Crippen MR) is 95.3 cm³/mol. The Balaban J connectivity index is 2.38. The predicted octanol–water partition coefficient (Wildman–Crippen LogP) is 4.05. The lowest BCUT2D eigenvalue weighted by Gasteiger charge is -2.25. The van der Waals surface area contributed by atoms with Crippen molar-refractivity contribution in [3.05, 3.63) is 68.2 Å². The van der Waals surface area contributed by atoms with E-state index in [1.54, 1.807) is 31.2 Å². The van der Waals surface area contributed by atoms with Gasteiger partial charge in [-0.25, -0.2) is 8.42 Å². The van der Waals surface area contributed by atoms with Gasteiger partial charge >= 0.3 is 0 Å². The summed E-state index contributed by atoms with van der Waals surface area (Å²) >= 11 is 3.35. The molecule has 0 fully saturated rings. The van der Waals surface area contributed by atoms with Gasteiger partial charge < -0.3 is 0 Å². The minimum atomic E-state index is -3.72. The standard InChI is InChI=1S/C16H17BrN2O4S/c1-11-9-15(7-8-16(11)17)24(22,23)18(3)12(2)13-5-4-6-14(10-13)19(20)21/h4-10,12H,1-3H3. The van der Waals surface area contributed by atoms with Crippen molar-refractivity contribution in [2.45, 2.75) is 24.8 Å². The normalized spacial score (nSPS) is 13.0. The highest BCUT2D eigenvalue weighted by Crippen LogP contribution is 2.29. The lowest BCUT2D eigenvalue weighted by molar-refractivity contribution is -0.384. The van der Waals surface area contributed by atoms with Crippen LogP contribution in [-0.4, -0.2) is 24.7 Å². The number of hydrogen-bond donors (Lipinski definition) is 0. The number of aryl methyl sites for hydroxylation is 1. The smallest absolute Gasteiger partial charge is 0.258 e. The molecule has 0 spiro atoms. The number of nitro groups is 1. The highest BCUT2D eigenvalue weighted by atomic mass is 79.9. The van der Waals surface area contributed by atoms with E-state index in [0.29, 0.717) is 5.56 Å². The first kappa shape index (κ1) is 18.6. The van der Waals surface area contributed by atoms with Gasteiger partial charge in [-0.3, -0.25) is 10.1 Å². The van der Waals surface area contributed by atoms with Crippen LogP contribution in [0.4, 0.5) is 5.69 Å². The van der Waals surface area contributed by atoms with Crippen LogP contribution in [-0.2, 0) is 10.0 Å². The summed E-state index contributed by atoms with van der Waals surface area (Å²) in [7, 11) is -2.25. The lowest BCUT2D eigenvalue weighted by atomic mass is 10.1. The molecule has 0 radical (unpaired) electrons. The average molecular weight is 413 g/mol. The molecule has 24 heavy (non-hydrogen) atoms. The second kappa shape index (κ2) is 7.00. The average Bonchev–Trinajstić information content (AvgIpc) is 2.55. The third-order valence-electron chi connectivity index (χ3n) is 3.92. The summed E-state index contributed by atoms with van der Waals surface area (Å²) < 4.78 is 27.7. The maximum absolute atomic E-state index is 12.8. The van der Waals surface area contributed by atoms with Gasteiger partial charge in [0.25, 0.3) is 5.69 Å². The first-order valence-corrected chi connectivity index (χ1v) is 9.36. The summed E-state index contributed by atoms with van der Waals surface area (Å²) in [5, 5.41) is 10.9. The molecule has 0 amide bonds. The van der Waals surface area contributed by atoms with Crippen LogP contribution in [0.2, 0.25) is 0 Å². The van der Waals surface area contributed by atoms with Gasteiger partial charge in [0.1, 0.15) is 0 Å². The highest BCUT2D eigenvalue weighted by Gasteiger charge is 2.27. The van der Waals surface area contributed by atoms with E-state index in [9.17, 15) is 18.5 Å². The second-order valence-corrected chi connectivity index (χ2v) is 8.31. The molecule has 0 bridgehead atoms. The van der Waals surface area contributed by atoms with Crippen molar-refractivity contribution in [3.8, 4) is 0 Å². The topological polar surface area (TPSA) is 80.5 Å². The molecule has 2 rings (SSSR count). The SMILES string of the molecule is Cc1cc(S(=O)(=O)N(C)C(C)c2cccc([N+](=O)[O-])c2)ccc1Br. The number of halogens is 1. The van der Waals surface area contributed by atoms with Crippen LogP contribution in [0, 0.1) is 17.0 Å². The second-order valence-electron chi connectivity index (χ2n) is 5.46. The number of non-ortho nitro benzene ring substituents is 1. The fourth-order valence-electron chi connectivity index (χ4n) is 2.26. The molecule has 8 heteroatoms. The summed E-state index contributed by atoms with van der Waals surface area (Å²) in [4.78, 5) is 10.6. The molecule has 0 heterocycles. The van der Waals surface area contributed by atoms with Crippen molar-refractivity contribution in [3.63, 3.8) is 0 Å². The van der Waals surface area contributed by atoms with Crippen LogP contribution < -0.4 is 0 Å². The van der Waals surface area contributed by atoms with E-state index in [0.717, 1.165) is 10.0 Å². The van der Waals surface area contributed by atoms with Crippen LogP contribution in [0.5, 0.6) is 0 Å². The summed E-state index contributed by atoms with van der Waals surface area (Å²) in [6.07, 6.45) is 0. The summed E-state index contributed by atoms with van der Waals surface area (Å²) in [6, 6.07) is 10.3. The third-order valence-corrected chi connectivity index (χ3v) is 6.73. The summed E-state index contributed by atoms with van der Waals surface area (Å²) in [5.74, 6) is 0. The van der Waals surface area contributed by atoms with Gasteiger partial charge in [-0.2, -0.15) is 4.31 Å². The first-order chi connectivity index (χ1) is 11.1. The van der Waals surface area contributed by atoms with Crippen molar-refractivity contribution in [2.75, 3.05) is 7.05 Å². The molecule has 0 aliphatic rings. The molecule has 2 aromatic rings. The molecule has 0 saturated carbocycles. The van der Waals surface area contributed by atoms with Crippen LogP contribution in [0.1, 0.15) is 24.1 Å². The van der Waals surface area contributed by atoms with Gasteiger partial charge in [0, 0.05) is 29.7 Å². The van der Waals surface area contributed by atoms with Crippen LogP contribution in [0.25, 0.3) is 0 Å². The van der Waals surface area contributed by atoms with Crippen molar-refractivity contribution in [1.29, 1.82) is 0 Å². The van der Waals surface area contributed by atoms with Gasteiger partial charge in [-0.15, -0.1) is 0 Å². The van der Waals surface area contributed by atoms with E-state index >= 15 is 0 Å². The highest BCUT2D eigenvalue weighted by molar-refractivity contribution is 9.10. The summed E-state index contributed by atoms with van der Waals surface area (Å²) in [6.45, 7) is 3.51. The molecule has 0 aromatic heterocycles. The van der Waals surface area contributed by atoms with Gasteiger partial charge in [-0.1, -0.05) is 28.1 Å². The largest absolute Gasteiger partial charge is 0.269 e. The molecule has 0 saturated heterocycles. The Kier molecular flexibility index (Phi) is 5.42. The number of nitrogens with zero attached hydrogens (tertiary/aromatic N) is 2. The number of sulfonamides is 1. The molecule has 0 aliphatic heterocycles. The minimum absolute atomic E-state index is 0.0652. The zero-order valence-electron chi connectivity index (χ0n) is 13.4. The summed E-state index contributed by atoms with van der Waals surface area (Å²) in [5.41, 5.74) is 1.31. The van der Waals surface area contributed by atoms with Crippen molar-refractivity contribution >= 4 is 31.6 Å². The van der Waals surface area contributed by atoms with E-state index in [1.165, 1.54) is 29.6 Å². The Hall–Kier alpha value is -1.77. The number of benzene rings is 2. The maximum atomic E-state index is 12.8. The lowest BCUT2D eigenvalue weighted by Crippen LogP contribution is -2.29. The molecular formula is C16H17BrN2O4S. The van der Waals surface area contributed by atoms with E-state index in [1.807, 2.05) is 6.92 Å². The van der Waals surface area contributed by atoms with Gasteiger partial charge in [0.15, 0.2) is 0 Å². The van der Waals surface area contributed by atoms with Gasteiger partial charge in [0.2, 0.25) is 10.0 Å². The molecule has 2 aromatic carbocycles. The molecule has 0 N–H and O–H groups in total. The van der Waals surface area contributed by atoms with E-state index in [4.69, 9.17) is 0 Å². The molecule has 128 valence electrons. The molecule has 0 aliphatic carbocycles. The Bertz CT molecular complexity index is 883. The first-order valence-electron chi connectivity index (χ1n) is 7.13. The zero-order chi connectivity index (χ0) is 18.1. The Morgan fingerprint density at radius 2 is 1.88 bits per heavy atom. The van der Waals surface area contributed by atoms with Crippen LogP contribution >= 0.6 is 15.9 Å². The fourth-order valence-corrected chi connectivity index (χ4v) is 3.94. The minimum Gasteiger partial charge on any atom is -0.258 e. The van der Waals surface area contributed by atoms with Crippen molar-refractivity contribution in [2.24, 2.45) is 0 Å². The number of nitro benzene ring substituents is 1. The number of rotatable bonds is 5. The molecule has 1 atom stereocenters. The van der Waals surface area contributed by atoms with Crippen molar-refractivity contribution < 1.29 is 13.3 Å². The Morgan fingerprint density at radius 1 is 1.21 bits per heavy atom. The maximum Gasteiger partial charge on any atom is 0.269 e. The molecule has 6 nitrogen and oxygen atoms in total. The van der Waals surface area contributed by atoms with Gasteiger partial charge in [-0.05, 0) is 43.2 Å². The Labute approximate surface area is 149 Å². The third kappa shape index (κ3) is 3.66. The van der Waals surface area contributed by atoms with E-state index < -0.39 is 21.0 Å².